The summed E-state index contributed by atoms with van der Waals surface area (Å²) in [5.74, 6) is 2.00. The van der Waals surface area contributed by atoms with E-state index in [0.717, 1.165) is 5.56 Å². The van der Waals surface area contributed by atoms with Gasteiger partial charge in [0.1, 0.15) is 0 Å². The molecule has 0 saturated carbocycles. The Morgan fingerprint density at radius 2 is 2.12 bits per heavy atom. The van der Waals surface area contributed by atoms with Gasteiger partial charge in [-0.05, 0) is 11.0 Å². The molecule has 1 rings (SSSR count). The monoisotopic (exact) mass is 327 g/mol. The molecule has 82 valence electrons. The first kappa shape index (κ1) is 14.9. The van der Waals surface area contributed by atoms with Gasteiger partial charge in [0.25, 0.3) is 0 Å². The van der Waals surface area contributed by atoms with E-state index in [1.807, 2.05) is 52.9 Å². The van der Waals surface area contributed by atoms with E-state index in [1.165, 1.54) is 6.08 Å². The molecule has 3 heteroatoms. The Labute approximate surface area is 110 Å². The molecular formula is C13H12IO2+. The minimum atomic E-state index is -0.276. The molecule has 0 atom stereocenters. The summed E-state index contributed by atoms with van der Waals surface area (Å²) in [5.41, 5.74) is 0.826. The molecule has 1 aromatic rings. The second kappa shape index (κ2) is 10.5. The Hall–Kier alpha value is -1.06. The molecule has 0 aliphatic rings. The molecule has 0 radical (unpaired) electrons. The second-order valence-electron chi connectivity index (χ2n) is 2.54. The number of hydrogen-bond acceptors (Lipinski definition) is 2. The molecule has 0 aliphatic heterocycles. The predicted molar refractivity (Wildman–Crippen MR) is 72.5 cm³/mol. The Morgan fingerprint density at radius 1 is 1.50 bits per heavy atom. The number of rotatable bonds is 2. The number of ether oxygens (including phenoxy) is 1. The first-order valence-electron chi connectivity index (χ1n) is 4.65. The second-order valence-corrected chi connectivity index (χ2v) is 3.25. The summed E-state index contributed by atoms with van der Waals surface area (Å²) < 4.78 is 6.17. The zero-order valence-corrected chi connectivity index (χ0v) is 11.1. The average Bonchev–Trinajstić information content (AvgIpc) is 2.32. The fourth-order valence-corrected chi connectivity index (χ4v) is 1.06. The van der Waals surface area contributed by atoms with Gasteiger partial charge < -0.3 is 4.74 Å². The summed E-state index contributed by atoms with van der Waals surface area (Å²) in [6.07, 6.45) is 8.07. The van der Waals surface area contributed by atoms with Crippen molar-refractivity contribution in [1.82, 2.24) is 0 Å². The number of halogens is 1. The van der Waals surface area contributed by atoms with Crippen LogP contribution in [0.5, 0.6) is 0 Å². The van der Waals surface area contributed by atoms with Crippen LogP contribution in [0.3, 0.4) is 0 Å². The van der Waals surface area contributed by atoms with E-state index in [0.29, 0.717) is 6.61 Å². The summed E-state index contributed by atoms with van der Waals surface area (Å²) >= 11 is 1.96. The van der Waals surface area contributed by atoms with Gasteiger partial charge in [0.15, 0.2) is 0 Å². The maximum absolute atomic E-state index is 10.3. The number of benzene rings is 1. The Morgan fingerprint density at radius 3 is 2.50 bits per heavy atom. The van der Waals surface area contributed by atoms with Crippen LogP contribution in [0.25, 0.3) is 0 Å². The fraction of sp³-hybridized carbons (Fsp3) is 0.154. The molecule has 0 N–H and O–H groups in total. The predicted octanol–water partition coefficient (Wildman–Crippen LogP) is 3.12. The summed E-state index contributed by atoms with van der Waals surface area (Å²) in [5, 5.41) is 0. The van der Waals surface area contributed by atoms with Gasteiger partial charge in [-0.25, -0.2) is 4.79 Å². The van der Waals surface area contributed by atoms with Gasteiger partial charge in [0.2, 0.25) is 0 Å². The normalized spacial score (nSPS) is 9.00. The van der Waals surface area contributed by atoms with Crippen molar-refractivity contribution in [3.8, 4) is 5.92 Å². The van der Waals surface area contributed by atoms with Crippen LogP contribution in [-0.2, 0) is 9.53 Å². The number of hydrogen-bond donors (Lipinski definition) is 0. The van der Waals surface area contributed by atoms with E-state index in [9.17, 15) is 4.79 Å². The molecule has 16 heavy (non-hydrogen) atoms. The molecular weight excluding hydrogens is 315 g/mol. The van der Waals surface area contributed by atoms with Crippen molar-refractivity contribution in [1.29, 1.82) is 0 Å². The number of carbonyl (C=O) groups excluding carboxylic acids is 1. The van der Waals surface area contributed by atoms with Crippen LogP contribution in [0.1, 0.15) is 12.5 Å². The molecule has 0 unspecified atom stereocenters. The molecule has 2 nitrogen and oxygen atoms in total. The van der Waals surface area contributed by atoms with Crippen LogP contribution in [0.2, 0.25) is 0 Å². The molecule has 0 heterocycles. The molecule has 0 fully saturated rings. The first-order chi connectivity index (χ1) is 7.74. The average molecular weight is 327 g/mol. The summed E-state index contributed by atoms with van der Waals surface area (Å²) in [7, 11) is 0. The minimum absolute atomic E-state index is 0.276. The van der Waals surface area contributed by atoms with E-state index < -0.39 is 0 Å². The molecule has 0 spiro atoms. The van der Waals surface area contributed by atoms with Crippen molar-refractivity contribution in [2.45, 2.75) is 6.92 Å². The summed E-state index contributed by atoms with van der Waals surface area (Å²) in [4.78, 5) is 10.3. The summed E-state index contributed by atoms with van der Waals surface area (Å²) in [6.45, 7) is 2.22. The third kappa shape index (κ3) is 8.26. The number of esters is 1. The topological polar surface area (TPSA) is 26.3 Å². The van der Waals surface area contributed by atoms with E-state index >= 15 is 0 Å². The van der Waals surface area contributed by atoms with Gasteiger partial charge in [0, 0.05) is 6.08 Å². The third-order valence-corrected chi connectivity index (χ3v) is 1.76. The quantitative estimate of drug-likeness (QED) is 0.274. The molecule has 0 amide bonds. The van der Waals surface area contributed by atoms with E-state index in [1.54, 1.807) is 11.0 Å². The SMILES string of the molecule is CCOC(=O)/C=C\I.[C+]#Cc1ccccc1. The van der Waals surface area contributed by atoms with E-state index in [4.69, 9.17) is 6.42 Å². The van der Waals surface area contributed by atoms with Gasteiger partial charge >= 0.3 is 54.2 Å². The van der Waals surface area contributed by atoms with Crippen molar-refractivity contribution in [2.75, 3.05) is 6.61 Å². The van der Waals surface area contributed by atoms with Crippen molar-refractivity contribution in [2.24, 2.45) is 0 Å². The van der Waals surface area contributed by atoms with Crippen LogP contribution < -0.4 is 0 Å². The van der Waals surface area contributed by atoms with Crippen molar-refractivity contribution in [3.05, 3.63) is 52.5 Å². The van der Waals surface area contributed by atoms with Crippen molar-refractivity contribution < 1.29 is 9.53 Å². The van der Waals surface area contributed by atoms with Crippen molar-refractivity contribution >= 4 is 28.6 Å². The molecule has 0 aliphatic carbocycles. The standard InChI is InChI=1S/C8H5.C5H7IO2/c1-2-8-6-4-3-5-7-8;1-2-8-5(7)3-4-6/h3-7H;3-4H,2H2,1H3/q+1;/b;4-3-. The van der Waals surface area contributed by atoms with Gasteiger partial charge in [-0.3, -0.25) is 0 Å². The van der Waals surface area contributed by atoms with Crippen LogP contribution in [0.4, 0.5) is 0 Å². The van der Waals surface area contributed by atoms with Gasteiger partial charge in [-0.2, -0.15) is 0 Å². The van der Waals surface area contributed by atoms with E-state index in [2.05, 4.69) is 10.7 Å². The van der Waals surface area contributed by atoms with Gasteiger partial charge in [-0.15, -0.1) is 0 Å². The van der Waals surface area contributed by atoms with Crippen LogP contribution in [0.15, 0.2) is 40.5 Å². The van der Waals surface area contributed by atoms with Crippen LogP contribution in [0, 0.1) is 12.3 Å². The van der Waals surface area contributed by atoms with E-state index in [-0.39, 0.29) is 5.97 Å². The Bertz CT molecular complexity index is 363. The fourth-order valence-electron chi connectivity index (χ4n) is 0.763. The molecule has 0 bridgehead atoms. The van der Waals surface area contributed by atoms with Crippen LogP contribution in [-0.4, -0.2) is 12.6 Å². The Kier molecular flexibility index (Phi) is 9.76. The molecule has 0 aromatic heterocycles. The molecule has 0 saturated heterocycles. The maximum atomic E-state index is 10.3. The number of carbonyl (C=O) groups is 1. The van der Waals surface area contributed by atoms with Gasteiger partial charge in [0.05, 0.1) is 6.61 Å². The zero-order valence-electron chi connectivity index (χ0n) is 8.94. The van der Waals surface area contributed by atoms with Crippen LogP contribution >= 0.6 is 22.6 Å². The summed E-state index contributed by atoms with van der Waals surface area (Å²) in [6, 6.07) is 9.37. The first-order valence-corrected chi connectivity index (χ1v) is 5.90. The van der Waals surface area contributed by atoms with Crippen molar-refractivity contribution in [3.63, 3.8) is 0 Å². The third-order valence-electron chi connectivity index (χ3n) is 1.40. The molecule has 1 aromatic carbocycles. The Balaban J connectivity index is 0.000000281. The zero-order chi connectivity index (χ0) is 12.2. The van der Waals surface area contributed by atoms with Gasteiger partial charge in [-0.1, -0.05) is 22.6 Å².